The minimum atomic E-state index is -1.80. The van der Waals surface area contributed by atoms with E-state index >= 15 is 0 Å². The smallest absolute Gasteiger partial charge is 0.410 e. The zero-order valence-corrected chi connectivity index (χ0v) is 11.0. The minimum Gasteiger partial charge on any atom is -0.410 e. The lowest BCUT2D eigenvalue weighted by molar-refractivity contribution is -0.119. The van der Waals surface area contributed by atoms with Crippen LogP contribution in [0.25, 0.3) is 0 Å². The summed E-state index contributed by atoms with van der Waals surface area (Å²) < 4.78 is 4.85. The number of aliphatic hydroxyl groups excluding tert-OH is 4. The first-order valence-corrected chi connectivity index (χ1v) is 6.13. The van der Waals surface area contributed by atoms with Gasteiger partial charge in [0, 0.05) is 0 Å². The number of aliphatic hydroxyl groups is 4. The second kappa shape index (κ2) is 8.32. The molecular weight excluding hydrogens is 282 g/mol. The number of benzene rings is 1. The van der Waals surface area contributed by atoms with Gasteiger partial charge in [-0.05, 0) is 12.1 Å². The summed E-state index contributed by atoms with van der Waals surface area (Å²) in [5.41, 5.74) is 0. The molecule has 4 atom stereocenters. The third-order valence-corrected chi connectivity index (χ3v) is 2.68. The molecule has 0 saturated carbocycles. The van der Waals surface area contributed by atoms with E-state index in [1.54, 1.807) is 18.2 Å². The Kier molecular flexibility index (Phi) is 6.76. The van der Waals surface area contributed by atoms with Crippen molar-refractivity contribution in [1.29, 1.82) is 0 Å². The molecule has 8 heteroatoms. The summed E-state index contributed by atoms with van der Waals surface area (Å²) in [6.45, 7) is -0.807. The van der Waals surface area contributed by atoms with Gasteiger partial charge in [0.15, 0.2) is 0 Å². The van der Waals surface area contributed by atoms with Crippen LogP contribution in [0, 0.1) is 0 Å². The highest BCUT2D eigenvalue weighted by atomic mass is 16.6. The van der Waals surface area contributed by atoms with Gasteiger partial charge in [0.1, 0.15) is 36.4 Å². The molecule has 0 unspecified atom stereocenters. The molecule has 1 aromatic carbocycles. The standard InChI is InChI=1S/C13H17NO7/c15-6-9(11(18)12(19)10(17)7-16)14-13(20)21-8-4-2-1-3-5-8/h1-6,9-12,16-19H,7H2,(H,14,20)/t9-,10+,11+,12+/m0/s1. The van der Waals surface area contributed by atoms with E-state index < -0.39 is 37.1 Å². The number of carbonyl (C=O) groups excluding carboxylic acids is 2. The van der Waals surface area contributed by atoms with Crippen LogP contribution in [-0.2, 0) is 4.79 Å². The number of rotatable bonds is 7. The molecule has 0 bridgehead atoms. The summed E-state index contributed by atoms with van der Waals surface area (Å²) >= 11 is 0. The average Bonchev–Trinajstić information content (AvgIpc) is 2.51. The van der Waals surface area contributed by atoms with Crippen LogP contribution in [0.2, 0.25) is 0 Å². The Labute approximate surface area is 120 Å². The summed E-state index contributed by atoms with van der Waals surface area (Å²) in [6.07, 6.45) is -6.07. The maximum Gasteiger partial charge on any atom is 0.413 e. The Morgan fingerprint density at radius 2 is 1.81 bits per heavy atom. The number of para-hydroxylation sites is 1. The SMILES string of the molecule is O=C[C@H](NC(=O)Oc1ccccc1)[C@@H](O)[C@H](O)[C@H](O)CO. The van der Waals surface area contributed by atoms with E-state index in [0.717, 1.165) is 0 Å². The van der Waals surface area contributed by atoms with Gasteiger partial charge in [-0.3, -0.25) is 0 Å². The minimum absolute atomic E-state index is 0.185. The first kappa shape index (κ1) is 17.1. The number of hydrogen-bond donors (Lipinski definition) is 5. The van der Waals surface area contributed by atoms with Crippen molar-refractivity contribution in [3.05, 3.63) is 30.3 Å². The van der Waals surface area contributed by atoms with E-state index in [2.05, 4.69) is 0 Å². The molecule has 1 amide bonds. The summed E-state index contributed by atoms with van der Waals surface area (Å²) in [5.74, 6) is 0.227. The molecule has 0 aliphatic carbocycles. The van der Waals surface area contributed by atoms with Crippen molar-refractivity contribution in [2.24, 2.45) is 0 Å². The summed E-state index contributed by atoms with van der Waals surface area (Å²) in [7, 11) is 0. The van der Waals surface area contributed by atoms with Crippen molar-refractivity contribution in [2.75, 3.05) is 6.61 Å². The first-order chi connectivity index (χ1) is 9.99. The van der Waals surface area contributed by atoms with Crippen LogP contribution >= 0.6 is 0 Å². The molecule has 0 heterocycles. The maximum atomic E-state index is 11.6. The average molecular weight is 299 g/mol. The lowest BCUT2D eigenvalue weighted by atomic mass is 10.0. The second-order valence-corrected chi connectivity index (χ2v) is 4.24. The molecule has 116 valence electrons. The van der Waals surface area contributed by atoms with Crippen LogP contribution < -0.4 is 10.1 Å². The van der Waals surface area contributed by atoms with Gasteiger partial charge in [-0.1, -0.05) is 18.2 Å². The summed E-state index contributed by atoms with van der Waals surface area (Å²) in [4.78, 5) is 22.4. The van der Waals surface area contributed by atoms with E-state index in [1.165, 1.54) is 12.1 Å². The number of aldehydes is 1. The van der Waals surface area contributed by atoms with Crippen molar-refractivity contribution in [1.82, 2.24) is 5.32 Å². The fourth-order valence-corrected chi connectivity index (χ4v) is 1.51. The number of nitrogens with one attached hydrogen (secondary N) is 1. The van der Waals surface area contributed by atoms with Gasteiger partial charge in [-0.2, -0.15) is 0 Å². The lowest BCUT2D eigenvalue weighted by Gasteiger charge is -2.25. The zero-order valence-electron chi connectivity index (χ0n) is 11.0. The molecule has 0 aliphatic heterocycles. The fourth-order valence-electron chi connectivity index (χ4n) is 1.51. The molecule has 0 aromatic heterocycles. The van der Waals surface area contributed by atoms with Crippen LogP contribution in [-0.4, -0.2) is 63.8 Å². The monoisotopic (exact) mass is 299 g/mol. The predicted molar refractivity (Wildman–Crippen MR) is 70.6 cm³/mol. The van der Waals surface area contributed by atoms with Gasteiger partial charge < -0.3 is 35.3 Å². The number of hydrogen-bond acceptors (Lipinski definition) is 7. The van der Waals surface area contributed by atoms with Gasteiger partial charge >= 0.3 is 6.09 Å². The van der Waals surface area contributed by atoms with Gasteiger partial charge in [0.2, 0.25) is 0 Å². The Morgan fingerprint density at radius 1 is 1.19 bits per heavy atom. The lowest BCUT2D eigenvalue weighted by Crippen LogP contribution is -2.54. The molecule has 0 spiro atoms. The van der Waals surface area contributed by atoms with Crippen LogP contribution in [0.3, 0.4) is 0 Å². The van der Waals surface area contributed by atoms with Crippen LogP contribution in [0.5, 0.6) is 5.75 Å². The van der Waals surface area contributed by atoms with Crippen LogP contribution in [0.15, 0.2) is 30.3 Å². The molecule has 0 aliphatic rings. The molecule has 0 fully saturated rings. The van der Waals surface area contributed by atoms with Gasteiger partial charge in [0.05, 0.1) is 6.61 Å². The highest BCUT2D eigenvalue weighted by molar-refractivity contribution is 5.75. The third kappa shape index (κ3) is 5.12. The highest BCUT2D eigenvalue weighted by Crippen LogP contribution is 2.09. The maximum absolute atomic E-state index is 11.6. The molecule has 5 N–H and O–H groups in total. The van der Waals surface area contributed by atoms with E-state index in [1.807, 2.05) is 5.32 Å². The quantitative estimate of drug-likeness (QED) is 0.383. The molecule has 0 radical (unpaired) electrons. The second-order valence-electron chi connectivity index (χ2n) is 4.24. The van der Waals surface area contributed by atoms with Crippen LogP contribution in [0.4, 0.5) is 4.79 Å². The van der Waals surface area contributed by atoms with Crippen molar-refractivity contribution in [3.63, 3.8) is 0 Å². The Morgan fingerprint density at radius 3 is 2.33 bits per heavy atom. The number of amides is 1. The first-order valence-electron chi connectivity index (χ1n) is 6.13. The van der Waals surface area contributed by atoms with Crippen molar-refractivity contribution < 1.29 is 34.8 Å². The Balaban J connectivity index is 2.60. The van der Waals surface area contributed by atoms with Crippen molar-refractivity contribution in [2.45, 2.75) is 24.4 Å². The molecular formula is C13H17NO7. The third-order valence-electron chi connectivity index (χ3n) is 2.68. The van der Waals surface area contributed by atoms with E-state index in [0.29, 0.717) is 0 Å². The molecule has 21 heavy (non-hydrogen) atoms. The van der Waals surface area contributed by atoms with Gasteiger partial charge in [-0.15, -0.1) is 0 Å². The molecule has 0 saturated heterocycles. The molecule has 8 nitrogen and oxygen atoms in total. The molecule has 1 aromatic rings. The topological polar surface area (TPSA) is 136 Å². The zero-order chi connectivity index (χ0) is 15.8. The molecule has 1 rings (SSSR count). The number of carbonyl (C=O) groups is 2. The van der Waals surface area contributed by atoms with E-state index in [9.17, 15) is 24.9 Å². The summed E-state index contributed by atoms with van der Waals surface area (Å²) in [6, 6.07) is 6.51. The van der Waals surface area contributed by atoms with Crippen molar-refractivity contribution >= 4 is 12.4 Å². The Bertz CT molecular complexity index is 453. The van der Waals surface area contributed by atoms with Gasteiger partial charge in [-0.25, -0.2) is 4.79 Å². The normalized spacial score (nSPS) is 16.4. The van der Waals surface area contributed by atoms with Crippen LogP contribution in [0.1, 0.15) is 0 Å². The predicted octanol–water partition coefficient (Wildman–Crippen LogP) is -1.58. The largest absolute Gasteiger partial charge is 0.413 e. The highest BCUT2D eigenvalue weighted by Gasteiger charge is 2.32. The summed E-state index contributed by atoms with van der Waals surface area (Å²) in [5, 5.41) is 39.0. The van der Waals surface area contributed by atoms with Crippen molar-refractivity contribution in [3.8, 4) is 5.75 Å². The number of ether oxygens (including phenoxy) is 1. The van der Waals surface area contributed by atoms with E-state index in [-0.39, 0.29) is 12.0 Å². The van der Waals surface area contributed by atoms with Gasteiger partial charge in [0.25, 0.3) is 0 Å². The van der Waals surface area contributed by atoms with E-state index in [4.69, 9.17) is 9.84 Å². The fraction of sp³-hybridized carbons (Fsp3) is 0.385. The Hall–Kier alpha value is -2.00.